The second kappa shape index (κ2) is 10.2. The third-order valence-electron chi connectivity index (χ3n) is 4.79. The fraction of sp³-hybridized carbons (Fsp3) is 0.526. The molecular formula is C19H25Cl2F2N3O. The van der Waals surface area contributed by atoms with Gasteiger partial charge < -0.3 is 10.1 Å². The molecule has 0 radical (unpaired) electrons. The van der Waals surface area contributed by atoms with Crippen LogP contribution in [0, 0.1) is 17.6 Å². The van der Waals surface area contributed by atoms with Gasteiger partial charge in [0.15, 0.2) is 0 Å². The lowest BCUT2D eigenvalue weighted by Gasteiger charge is -2.22. The Morgan fingerprint density at radius 2 is 2.00 bits per heavy atom. The van der Waals surface area contributed by atoms with Gasteiger partial charge in [-0.2, -0.15) is 5.10 Å². The van der Waals surface area contributed by atoms with Crippen LogP contribution in [0.3, 0.4) is 0 Å². The van der Waals surface area contributed by atoms with Crippen LogP contribution in [-0.4, -0.2) is 16.8 Å². The summed E-state index contributed by atoms with van der Waals surface area (Å²) in [5.41, 5.74) is 0.848. The Labute approximate surface area is 169 Å². The highest BCUT2D eigenvalue weighted by Crippen LogP contribution is 2.32. The first kappa shape index (κ1) is 21.9. The van der Waals surface area contributed by atoms with E-state index >= 15 is 0 Å². The second-order valence-electron chi connectivity index (χ2n) is 6.81. The lowest BCUT2D eigenvalue weighted by atomic mass is 9.89. The molecule has 2 aromatic rings. The minimum Gasteiger partial charge on any atom is -0.472 e. The molecule has 1 aliphatic rings. The molecule has 1 N–H and O–H groups in total. The molecule has 1 aromatic heterocycles. The molecule has 3 rings (SSSR count). The minimum absolute atomic E-state index is 0. The van der Waals surface area contributed by atoms with Gasteiger partial charge in [-0.1, -0.05) is 30.9 Å². The largest absolute Gasteiger partial charge is 0.472 e. The summed E-state index contributed by atoms with van der Waals surface area (Å²) in [7, 11) is 1.82. The smallest absolute Gasteiger partial charge is 0.231 e. The molecule has 1 aliphatic carbocycles. The molecule has 8 heteroatoms. The van der Waals surface area contributed by atoms with Gasteiger partial charge in [0.05, 0.1) is 5.69 Å². The Kier molecular flexibility index (Phi) is 8.32. The Morgan fingerprint density at radius 3 is 2.70 bits per heavy atom. The van der Waals surface area contributed by atoms with E-state index in [2.05, 4.69) is 10.4 Å². The number of hydrogen-bond acceptors (Lipinski definition) is 3. The van der Waals surface area contributed by atoms with Crippen molar-refractivity contribution in [2.45, 2.75) is 51.8 Å². The SMILES string of the molecule is CNCc1nn(CC2CCCCC2)c(OCc2cc(F)ccc2F)c1Cl.Cl. The Balaban J connectivity index is 0.00000261. The van der Waals surface area contributed by atoms with E-state index in [9.17, 15) is 8.78 Å². The van der Waals surface area contributed by atoms with E-state index in [0.29, 0.717) is 29.1 Å². The molecule has 0 bridgehead atoms. The predicted octanol–water partition coefficient (Wildman–Crippen LogP) is 5.12. The normalized spacial score (nSPS) is 14.8. The third kappa shape index (κ3) is 5.56. The number of nitrogens with one attached hydrogen (secondary N) is 1. The minimum atomic E-state index is -0.503. The van der Waals surface area contributed by atoms with Gasteiger partial charge in [0, 0.05) is 18.7 Å². The first-order chi connectivity index (χ1) is 12.6. The van der Waals surface area contributed by atoms with Crippen LogP contribution in [0.15, 0.2) is 18.2 Å². The monoisotopic (exact) mass is 419 g/mol. The molecule has 0 unspecified atom stereocenters. The van der Waals surface area contributed by atoms with E-state index < -0.39 is 11.6 Å². The lowest BCUT2D eigenvalue weighted by Crippen LogP contribution is -2.17. The van der Waals surface area contributed by atoms with Crippen LogP contribution >= 0.6 is 24.0 Å². The average molecular weight is 420 g/mol. The van der Waals surface area contributed by atoms with E-state index in [1.807, 2.05) is 7.05 Å². The summed E-state index contributed by atoms with van der Waals surface area (Å²) in [6.45, 7) is 1.14. The highest BCUT2D eigenvalue weighted by atomic mass is 35.5. The van der Waals surface area contributed by atoms with Crippen LogP contribution in [-0.2, 0) is 19.7 Å². The number of nitrogens with zero attached hydrogens (tertiary/aromatic N) is 2. The zero-order valence-electron chi connectivity index (χ0n) is 15.3. The summed E-state index contributed by atoms with van der Waals surface area (Å²) in [5, 5.41) is 8.03. The highest BCUT2D eigenvalue weighted by molar-refractivity contribution is 6.32. The first-order valence-electron chi connectivity index (χ1n) is 9.05. The number of hydrogen-bond donors (Lipinski definition) is 1. The maximum Gasteiger partial charge on any atom is 0.231 e. The van der Waals surface area contributed by atoms with Crippen LogP contribution in [0.2, 0.25) is 5.02 Å². The molecule has 0 amide bonds. The molecule has 4 nitrogen and oxygen atoms in total. The van der Waals surface area contributed by atoms with Crippen LogP contribution in [0.1, 0.15) is 43.4 Å². The van der Waals surface area contributed by atoms with Crippen molar-refractivity contribution in [3.05, 3.63) is 46.1 Å². The fourth-order valence-electron chi connectivity index (χ4n) is 3.43. The highest BCUT2D eigenvalue weighted by Gasteiger charge is 2.22. The second-order valence-corrected chi connectivity index (χ2v) is 7.18. The fourth-order valence-corrected chi connectivity index (χ4v) is 3.68. The van der Waals surface area contributed by atoms with E-state index in [1.54, 1.807) is 4.68 Å². The van der Waals surface area contributed by atoms with Crippen molar-refractivity contribution in [1.82, 2.24) is 15.1 Å². The predicted molar refractivity (Wildman–Crippen MR) is 105 cm³/mol. The van der Waals surface area contributed by atoms with E-state index in [-0.39, 0.29) is 24.6 Å². The van der Waals surface area contributed by atoms with E-state index in [0.717, 1.165) is 37.6 Å². The third-order valence-corrected chi connectivity index (χ3v) is 5.17. The zero-order valence-corrected chi connectivity index (χ0v) is 16.9. The van der Waals surface area contributed by atoms with Crippen LogP contribution in [0.5, 0.6) is 5.88 Å². The number of ether oxygens (including phenoxy) is 1. The van der Waals surface area contributed by atoms with Crippen molar-refractivity contribution >= 4 is 24.0 Å². The molecule has 1 fully saturated rings. The number of halogens is 4. The number of aromatic nitrogens is 2. The van der Waals surface area contributed by atoms with Gasteiger partial charge in [-0.3, -0.25) is 0 Å². The van der Waals surface area contributed by atoms with Gasteiger partial charge in [0.2, 0.25) is 5.88 Å². The molecule has 150 valence electrons. The van der Waals surface area contributed by atoms with Crippen LogP contribution < -0.4 is 10.1 Å². The number of rotatable bonds is 7. The van der Waals surface area contributed by atoms with Gasteiger partial charge in [0.25, 0.3) is 0 Å². The van der Waals surface area contributed by atoms with Crippen molar-refractivity contribution < 1.29 is 13.5 Å². The standard InChI is InChI=1S/C19H24ClF2N3O.ClH/c1-23-10-17-18(20)19(25(24-17)11-13-5-3-2-4-6-13)26-12-14-9-15(21)7-8-16(14)22;/h7-9,13,23H,2-6,10-12H2,1H3;1H. The van der Waals surface area contributed by atoms with Crippen molar-refractivity contribution in [3.8, 4) is 5.88 Å². The van der Waals surface area contributed by atoms with Crippen molar-refractivity contribution in [2.75, 3.05) is 7.05 Å². The molecule has 1 heterocycles. The molecule has 0 aliphatic heterocycles. The summed E-state index contributed by atoms with van der Waals surface area (Å²) < 4.78 is 34.8. The molecular weight excluding hydrogens is 395 g/mol. The van der Waals surface area contributed by atoms with Crippen molar-refractivity contribution in [2.24, 2.45) is 5.92 Å². The number of benzene rings is 1. The van der Waals surface area contributed by atoms with Gasteiger partial charge in [-0.15, -0.1) is 12.4 Å². The Bertz CT molecular complexity index is 749. The lowest BCUT2D eigenvalue weighted by molar-refractivity contribution is 0.242. The Morgan fingerprint density at radius 1 is 1.26 bits per heavy atom. The molecule has 27 heavy (non-hydrogen) atoms. The average Bonchev–Trinajstić information content (AvgIpc) is 2.92. The zero-order chi connectivity index (χ0) is 18.5. The molecule has 1 aromatic carbocycles. The summed E-state index contributed by atoms with van der Waals surface area (Å²) in [5.74, 6) is -0.0411. The van der Waals surface area contributed by atoms with Gasteiger partial charge >= 0.3 is 0 Å². The van der Waals surface area contributed by atoms with Gasteiger partial charge in [-0.05, 0) is 44.0 Å². The quantitative estimate of drug-likeness (QED) is 0.676. The van der Waals surface area contributed by atoms with Gasteiger partial charge in [0.1, 0.15) is 23.3 Å². The topological polar surface area (TPSA) is 39.1 Å². The molecule has 0 spiro atoms. The maximum atomic E-state index is 13.9. The maximum absolute atomic E-state index is 13.9. The van der Waals surface area contributed by atoms with E-state index in [4.69, 9.17) is 16.3 Å². The summed E-state index contributed by atoms with van der Waals surface area (Å²) >= 11 is 6.45. The van der Waals surface area contributed by atoms with Crippen LogP contribution in [0.25, 0.3) is 0 Å². The van der Waals surface area contributed by atoms with Crippen LogP contribution in [0.4, 0.5) is 8.78 Å². The van der Waals surface area contributed by atoms with E-state index in [1.165, 1.54) is 19.3 Å². The summed E-state index contributed by atoms with van der Waals surface area (Å²) in [4.78, 5) is 0. The molecule has 0 saturated heterocycles. The summed E-state index contributed by atoms with van der Waals surface area (Å²) in [6, 6.07) is 3.32. The van der Waals surface area contributed by atoms with Crippen molar-refractivity contribution in [1.29, 1.82) is 0 Å². The first-order valence-corrected chi connectivity index (χ1v) is 9.42. The van der Waals surface area contributed by atoms with Gasteiger partial charge in [-0.25, -0.2) is 13.5 Å². The van der Waals surface area contributed by atoms with Crippen molar-refractivity contribution in [3.63, 3.8) is 0 Å². The molecule has 0 atom stereocenters. The Hall–Kier alpha value is -1.37. The summed E-state index contributed by atoms with van der Waals surface area (Å²) in [6.07, 6.45) is 6.07. The molecule has 1 saturated carbocycles.